The summed E-state index contributed by atoms with van der Waals surface area (Å²) in [5.74, 6) is 0.220. The minimum Gasteiger partial charge on any atom is -0.496 e. The first kappa shape index (κ1) is 14.5. The van der Waals surface area contributed by atoms with Crippen molar-refractivity contribution in [2.45, 2.75) is 27.2 Å². The van der Waals surface area contributed by atoms with Crippen LogP contribution in [0.3, 0.4) is 0 Å². The number of rotatable bonds is 4. The van der Waals surface area contributed by atoms with Crippen molar-refractivity contribution in [1.29, 1.82) is 0 Å². The number of benzene rings is 1. The number of esters is 1. The maximum absolute atomic E-state index is 11.5. The van der Waals surface area contributed by atoms with E-state index in [0.29, 0.717) is 17.9 Å². The van der Waals surface area contributed by atoms with E-state index in [1.54, 1.807) is 18.2 Å². The van der Waals surface area contributed by atoms with Gasteiger partial charge in [0.1, 0.15) is 11.3 Å². The highest BCUT2D eigenvalue weighted by atomic mass is 16.5. The molecule has 0 N–H and O–H groups in total. The van der Waals surface area contributed by atoms with Crippen molar-refractivity contribution in [1.82, 2.24) is 0 Å². The fourth-order valence-electron chi connectivity index (χ4n) is 1.09. The van der Waals surface area contributed by atoms with Crippen LogP contribution in [0, 0.1) is 0 Å². The van der Waals surface area contributed by atoms with E-state index in [9.17, 15) is 4.79 Å². The van der Waals surface area contributed by atoms with Crippen LogP contribution in [-0.2, 0) is 4.74 Å². The standard InChI is InChI=1S/C11H14O3.C2H6/c1-3-8-14-11(12)9-6-4-5-7-10(9)13-2;1-2/h4-7H,3,8H2,1-2H3;1-2H3. The van der Waals surface area contributed by atoms with Crippen molar-refractivity contribution < 1.29 is 14.3 Å². The van der Waals surface area contributed by atoms with Crippen molar-refractivity contribution in [2.75, 3.05) is 13.7 Å². The SMILES string of the molecule is CC.CCCOC(=O)c1ccccc1OC. The molecule has 1 aromatic carbocycles. The Hall–Kier alpha value is -1.51. The zero-order chi connectivity index (χ0) is 12.4. The number of ether oxygens (including phenoxy) is 2. The van der Waals surface area contributed by atoms with Gasteiger partial charge < -0.3 is 9.47 Å². The summed E-state index contributed by atoms with van der Waals surface area (Å²) in [5.41, 5.74) is 0.475. The van der Waals surface area contributed by atoms with Crippen molar-refractivity contribution in [3.8, 4) is 5.75 Å². The summed E-state index contributed by atoms with van der Waals surface area (Å²) in [6.45, 7) is 6.40. The average Bonchev–Trinajstić information content (AvgIpc) is 2.38. The Morgan fingerprint density at radius 3 is 2.44 bits per heavy atom. The highest BCUT2D eigenvalue weighted by Gasteiger charge is 2.11. The molecule has 0 aromatic heterocycles. The normalized spacial score (nSPS) is 8.75. The van der Waals surface area contributed by atoms with E-state index in [2.05, 4.69) is 0 Å². The Kier molecular flexibility index (Phi) is 7.94. The summed E-state index contributed by atoms with van der Waals surface area (Å²) in [6.07, 6.45) is 0.820. The third-order valence-corrected chi connectivity index (χ3v) is 1.76. The average molecular weight is 224 g/mol. The molecule has 3 heteroatoms. The molecule has 0 aliphatic heterocycles. The van der Waals surface area contributed by atoms with Crippen LogP contribution in [0.5, 0.6) is 5.75 Å². The lowest BCUT2D eigenvalue weighted by Crippen LogP contribution is -2.07. The fourth-order valence-corrected chi connectivity index (χ4v) is 1.09. The van der Waals surface area contributed by atoms with E-state index in [-0.39, 0.29) is 5.97 Å². The Balaban J connectivity index is 0.00000106. The molecule has 0 saturated carbocycles. The van der Waals surface area contributed by atoms with Gasteiger partial charge in [0.2, 0.25) is 0 Å². The molecule has 0 fully saturated rings. The molecule has 0 aliphatic rings. The summed E-state index contributed by atoms with van der Waals surface area (Å²) in [7, 11) is 1.53. The monoisotopic (exact) mass is 224 g/mol. The van der Waals surface area contributed by atoms with E-state index >= 15 is 0 Å². The van der Waals surface area contributed by atoms with Gasteiger partial charge in [0.25, 0.3) is 0 Å². The van der Waals surface area contributed by atoms with Crippen LogP contribution in [0.4, 0.5) is 0 Å². The third-order valence-electron chi connectivity index (χ3n) is 1.76. The Morgan fingerprint density at radius 1 is 1.25 bits per heavy atom. The number of hydrogen-bond acceptors (Lipinski definition) is 3. The third kappa shape index (κ3) is 4.34. The van der Waals surface area contributed by atoms with Crippen LogP contribution >= 0.6 is 0 Å². The highest BCUT2D eigenvalue weighted by molar-refractivity contribution is 5.92. The summed E-state index contributed by atoms with van der Waals surface area (Å²) < 4.78 is 10.0. The summed E-state index contributed by atoms with van der Waals surface area (Å²) in [4.78, 5) is 11.5. The first-order valence-electron chi connectivity index (χ1n) is 5.59. The van der Waals surface area contributed by atoms with Crippen LogP contribution in [-0.4, -0.2) is 19.7 Å². The number of carbonyl (C=O) groups excluding carboxylic acids is 1. The largest absolute Gasteiger partial charge is 0.496 e. The van der Waals surface area contributed by atoms with Crippen LogP contribution in [0.25, 0.3) is 0 Å². The highest BCUT2D eigenvalue weighted by Crippen LogP contribution is 2.17. The molecule has 0 radical (unpaired) electrons. The van der Waals surface area contributed by atoms with Gasteiger partial charge in [-0.3, -0.25) is 0 Å². The van der Waals surface area contributed by atoms with E-state index in [1.165, 1.54) is 7.11 Å². The second kappa shape index (κ2) is 8.77. The van der Waals surface area contributed by atoms with Crippen molar-refractivity contribution >= 4 is 5.97 Å². The molecule has 1 rings (SSSR count). The van der Waals surface area contributed by atoms with Gasteiger partial charge in [-0.05, 0) is 18.6 Å². The smallest absolute Gasteiger partial charge is 0.341 e. The summed E-state index contributed by atoms with van der Waals surface area (Å²) in [6, 6.07) is 7.03. The molecular weight excluding hydrogens is 204 g/mol. The van der Waals surface area contributed by atoms with Gasteiger partial charge in [-0.15, -0.1) is 0 Å². The van der Waals surface area contributed by atoms with Crippen LogP contribution in [0.1, 0.15) is 37.6 Å². The fraction of sp³-hybridized carbons (Fsp3) is 0.462. The lowest BCUT2D eigenvalue weighted by Gasteiger charge is -2.07. The van der Waals surface area contributed by atoms with Crippen molar-refractivity contribution in [3.63, 3.8) is 0 Å². The van der Waals surface area contributed by atoms with Gasteiger partial charge in [0.15, 0.2) is 0 Å². The van der Waals surface area contributed by atoms with E-state index in [0.717, 1.165) is 6.42 Å². The minimum atomic E-state index is -0.329. The summed E-state index contributed by atoms with van der Waals surface area (Å²) in [5, 5.41) is 0. The molecular formula is C13H20O3. The second-order valence-corrected chi connectivity index (χ2v) is 2.84. The lowest BCUT2D eigenvalue weighted by atomic mass is 10.2. The number of methoxy groups -OCH3 is 1. The first-order valence-corrected chi connectivity index (χ1v) is 5.59. The predicted molar refractivity (Wildman–Crippen MR) is 64.9 cm³/mol. The molecule has 0 heterocycles. The van der Waals surface area contributed by atoms with Gasteiger partial charge >= 0.3 is 5.97 Å². The topological polar surface area (TPSA) is 35.5 Å². The molecule has 0 amide bonds. The molecule has 0 unspecified atom stereocenters. The van der Waals surface area contributed by atoms with Gasteiger partial charge in [-0.2, -0.15) is 0 Å². The first-order chi connectivity index (χ1) is 7.79. The molecule has 0 spiro atoms. The van der Waals surface area contributed by atoms with E-state index in [1.807, 2.05) is 26.8 Å². The zero-order valence-electron chi connectivity index (χ0n) is 10.4. The zero-order valence-corrected chi connectivity index (χ0v) is 10.4. The van der Waals surface area contributed by atoms with Crippen LogP contribution in [0.15, 0.2) is 24.3 Å². The number of para-hydroxylation sites is 1. The molecule has 16 heavy (non-hydrogen) atoms. The molecule has 3 nitrogen and oxygen atoms in total. The number of carbonyl (C=O) groups is 1. The molecule has 0 aliphatic carbocycles. The Labute approximate surface area is 97.4 Å². The van der Waals surface area contributed by atoms with Crippen LogP contribution < -0.4 is 4.74 Å². The quantitative estimate of drug-likeness (QED) is 0.736. The van der Waals surface area contributed by atoms with Gasteiger partial charge in [-0.25, -0.2) is 4.79 Å². The van der Waals surface area contributed by atoms with Crippen molar-refractivity contribution in [2.24, 2.45) is 0 Å². The Bertz CT molecular complexity index is 308. The maximum Gasteiger partial charge on any atom is 0.341 e. The van der Waals surface area contributed by atoms with Gasteiger partial charge in [0.05, 0.1) is 13.7 Å². The molecule has 1 aromatic rings. The molecule has 0 bridgehead atoms. The van der Waals surface area contributed by atoms with Crippen molar-refractivity contribution in [3.05, 3.63) is 29.8 Å². The van der Waals surface area contributed by atoms with E-state index < -0.39 is 0 Å². The minimum absolute atomic E-state index is 0.329. The second-order valence-electron chi connectivity index (χ2n) is 2.84. The predicted octanol–water partition coefficient (Wildman–Crippen LogP) is 3.29. The molecule has 0 saturated heterocycles. The van der Waals surface area contributed by atoms with Gasteiger partial charge in [0, 0.05) is 0 Å². The van der Waals surface area contributed by atoms with Crippen LogP contribution in [0.2, 0.25) is 0 Å². The maximum atomic E-state index is 11.5. The summed E-state index contributed by atoms with van der Waals surface area (Å²) >= 11 is 0. The number of hydrogen-bond donors (Lipinski definition) is 0. The van der Waals surface area contributed by atoms with Gasteiger partial charge in [-0.1, -0.05) is 32.9 Å². The molecule has 0 atom stereocenters. The Morgan fingerprint density at radius 2 is 1.88 bits per heavy atom. The van der Waals surface area contributed by atoms with E-state index in [4.69, 9.17) is 9.47 Å². The lowest BCUT2D eigenvalue weighted by molar-refractivity contribution is 0.0501. The molecule has 90 valence electrons.